The molecule has 0 aromatic heterocycles. The minimum Gasteiger partial charge on any atom is -0.310 e. The molecular formula is C38H25N5. The lowest BCUT2D eigenvalue weighted by molar-refractivity contribution is 0.607. The maximum absolute atomic E-state index is 9.64. The van der Waals surface area contributed by atoms with Gasteiger partial charge in [-0.15, -0.1) is 0 Å². The number of nitrogens with zero attached hydrogens (tertiary/aromatic N) is 5. The normalized spacial score (nSPS) is 16.0. The van der Waals surface area contributed by atoms with Crippen molar-refractivity contribution < 1.29 is 0 Å². The van der Waals surface area contributed by atoms with Gasteiger partial charge in [0.1, 0.15) is 0 Å². The molecule has 0 amide bonds. The van der Waals surface area contributed by atoms with E-state index < -0.39 is 5.66 Å². The third kappa shape index (κ3) is 3.43. The van der Waals surface area contributed by atoms with E-state index in [0.29, 0.717) is 11.1 Å². The molecule has 0 bridgehead atoms. The Morgan fingerprint density at radius 1 is 0.628 bits per heavy atom. The molecule has 5 aromatic carbocycles. The average molecular weight is 552 g/mol. The molecule has 0 saturated heterocycles. The van der Waals surface area contributed by atoms with Crippen molar-refractivity contribution in [1.29, 1.82) is 10.5 Å². The quantitative estimate of drug-likeness (QED) is 0.221. The van der Waals surface area contributed by atoms with Gasteiger partial charge in [0, 0.05) is 27.8 Å². The van der Waals surface area contributed by atoms with Crippen molar-refractivity contribution in [2.24, 2.45) is 9.98 Å². The molecule has 43 heavy (non-hydrogen) atoms. The second kappa shape index (κ2) is 8.86. The molecule has 0 radical (unpaired) electrons. The summed E-state index contributed by atoms with van der Waals surface area (Å²) >= 11 is 0. The Kier molecular flexibility index (Phi) is 5.14. The van der Waals surface area contributed by atoms with Gasteiger partial charge in [-0.2, -0.15) is 10.5 Å². The summed E-state index contributed by atoms with van der Waals surface area (Å²) in [6.45, 7) is 4.58. The molecule has 202 valence electrons. The third-order valence-corrected chi connectivity index (χ3v) is 9.05. The van der Waals surface area contributed by atoms with E-state index in [1.54, 1.807) is 0 Å². The predicted octanol–water partition coefficient (Wildman–Crippen LogP) is 8.29. The number of hydrogen-bond donors (Lipinski definition) is 0. The summed E-state index contributed by atoms with van der Waals surface area (Å²) in [6.07, 6.45) is 1.82. The van der Waals surface area contributed by atoms with E-state index in [9.17, 15) is 10.5 Å². The lowest BCUT2D eigenvalue weighted by Gasteiger charge is -2.42. The highest BCUT2D eigenvalue weighted by atomic mass is 15.2. The fourth-order valence-corrected chi connectivity index (χ4v) is 6.93. The lowest BCUT2D eigenvalue weighted by atomic mass is 9.73. The van der Waals surface area contributed by atoms with Crippen molar-refractivity contribution in [2.75, 3.05) is 4.90 Å². The van der Waals surface area contributed by atoms with Gasteiger partial charge in [0.15, 0.2) is 0 Å². The molecular weight excluding hydrogens is 526 g/mol. The van der Waals surface area contributed by atoms with E-state index in [1.165, 1.54) is 22.5 Å². The maximum Gasteiger partial charge on any atom is 0.203 e. The summed E-state index contributed by atoms with van der Waals surface area (Å²) in [5.74, 6) is 0. The van der Waals surface area contributed by atoms with Crippen molar-refractivity contribution in [1.82, 2.24) is 0 Å². The second-order valence-electron chi connectivity index (χ2n) is 11.7. The van der Waals surface area contributed by atoms with Crippen LogP contribution in [0.15, 0.2) is 119 Å². The van der Waals surface area contributed by atoms with Crippen LogP contribution < -0.4 is 4.90 Å². The zero-order valence-corrected chi connectivity index (χ0v) is 23.7. The Hall–Kier alpha value is -5.78. The highest BCUT2D eigenvalue weighted by Gasteiger charge is 2.46. The first-order valence-electron chi connectivity index (χ1n) is 14.3. The first kappa shape index (κ1) is 25.0. The Morgan fingerprint density at radius 2 is 1.16 bits per heavy atom. The molecule has 0 saturated carbocycles. The van der Waals surface area contributed by atoms with Crippen molar-refractivity contribution in [2.45, 2.75) is 24.9 Å². The van der Waals surface area contributed by atoms with Crippen LogP contribution in [0.2, 0.25) is 0 Å². The van der Waals surface area contributed by atoms with Crippen molar-refractivity contribution in [3.63, 3.8) is 0 Å². The van der Waals surface area contributed by atoms with Gasteiger partial charge in [-0.3, -0.25) is 4.99 Å². The summed E-state index contributed by atoms with van der Waals surface area (Å²) in [5, 5.41) is 19.3. The molecule has 5 aromatic rings. The van der Waals surface area contributed by atoms with E-state index in [1.807, 2.05) is 42.6 Å². The minimum atomic E-state index is -1.02. The van der Waals surface area contributed by atoms with Gasteiger partial charge >= 0.3 is 0 Å². The van der Waals surface area contributed by atoms with Gasteiger partial charge in [0.2, 0.25) is 5.66 Å². The first-order valence-corrected chi connectivity index (χ1v) is 14.3. The van der Waals surface area contributed by atoms with Crippen molar-refractivity contribution in [3.05, 3.63) is 148 Å². The van der Waals surface area contributed by atoms with Crippen molar-refractivity contribution >= 4 is 29.0 Å². The molecule has 0 N–H and O–H groups in total. The summed E-state index contributed by atoms with van der Waals surface area (Å²) in [7, 11) is 0. The number of fused-ring (bicyclic) bond motifs is 7. The number of hydrogen-bond acceptors (Lipinski definition) is 5. The van der Waals surface area contributed by atoms with Gasteiger partial charge < -0.3 is 4.90 Å². The highest BCUT2D eigenvalue weighted by molar-refractivity contribution is 6.39. The van der Waals surface area contributed by atoms with Crippen LogP contribution in [0, 0.1) is 22.7 Å². The maximum atomic E-state index is 9.64. The van der Waals surface area contributed by atoms with Crippen LogP contribution in [-0.2, 0) is 11.1 Å². The molecule has 3 aliphatic rings. The Balaban J connectivity index is 1.23. The Morgan fingerprint density at radius 3 is 1.70 bits per heavy atom. The van der Waals surface area contributed by atoms with E-state index in [4.69, 9.17) is 9.98 Å². The smallest absolute Gasteiger partial charge is 0.203 e. The summed E-state index contributed by atoms with van der Waals surface area (Å²) in [5.41, 5.74) is 11.4. The van der Waals surface area contributed by atoms with Gasteiger partial charge in [0.05, 0.1) is 46.6 Å². The molecule has 1 aliphatic carbocycles. The predicted molar refractivity (Wildman–Crippen MR) is 170 cm³/mol. The SMILES string of the molecule is CC1(C)c2ccccc2N(c2ccc(C3=NC4(N=C3)c3cc(C#N)ccc3-c3ccc(C#N)cc34)cc2)c2ccccc21. The molecule has 5 nitrogen and oxygen atoms in total. The zero-order valence-electron chi connectivity index (χ0n) is 23.7. The molecule has 1 spiro atoms. The molecule has 2 heterocycles. The number of anilines is 3. The van der Waals surface area contributed by atoms with E-state index in [-0.39, 0.29) is 5.41 Å². The van der Waals surface area contributed by atoms with E-state index in [2.05, 4.69) is 104 Å². The fraction of sp³-hybridized carbons (Fsp3) is 0.105. The van der Waals surface area contributed by atoms with Crippen LogP contribution in [0.25, 0.3) is 11.1 Å². The number of aliphatic imine (C=N–C) groups is 2. The molecule has 2 aliphatic heterocycles. The van der Waals surface area contributed by atoms with Crippen LogP contribution in [0.1, 0.15) is 52.8 Å². The van der Waals surface area contributed by atoms with Gasteiger partial charge in [-0.05, 0) is 70.8 Å². The number of nitriles is 2. The summed E-state index contributed by atoms with van der Waals surface area (Å²) < 4.78 is 0. The largest absolute Gasteiger partial charge is 0.310 e. The monoisotopic (exact) mass is 551 g/mol. The van der Waals surface area contributed by atoms with Gasteiger partial charge in [0.25, 0.3) is 0 Å². The Labute approximate surface area is 250 Å². The minimum absolute atomic E-state index is 0.113. The number of rotatable bonds is 2. The first-order chi connectivity index (χ1) is 20.9. The summed E-state index contributed by atoms with van der Waals surface area (Å²) in [6, 6.07) is 41.5. The Bertz CT molecular complexity index is 2020. The summed E-state index contributed by atoms with van der Waals surface area (Å²) in [4.78, 5) is 12.5. The van der Waals surface area contributed by atoms with E-state index in [0.717, 1.165) is 39.2 Å². The number of para-hydroxylation sites is 2. The van der Waals surface area contributed by atoms with Crippen LogP contribution >= 0.6 is 0 Å². The van der Waals surface area contributed by atoms with Gasteiger partial charge in [-0.25, -0.2) is 4.99 Å². The topological polar surface area (TPSA) is 75.5 Å². The molecule has 0 fully saturated rings. The van der Waals surface area contributed by atoms with Crippen LogP contribution in [0.4, 0.5) is 17.1 Å². The molecule has 5 heteroatoms. The third-order valence-electron chi connectivity index (χ3n) is 9.05. The average Bonchev–Trinajstić information content (AvgIpc) is 3.61. The zero-order chi connectivity index (χ0) is 29.3. The molecule has 0 atom stereocenters. The highest BCUT2D eigenvalue weighted by Crippen LogP contribution is 2.53. The lowest BCUT2D eigenvalue weighted by Crippen LogP contribution is -2.30. The van der Waals surface area contributed by atoms with Crippen molar-refractivity contribution in [3.8, 4) is 23.3 Å². The fourth-order valence-electron chi connectivity index (χ4n) is 6.93. The van der Waals surface area contributed by atoms with E-state index >= 15 is 0 Å². The van der Waals surface area contributed by atoms with Gasteiger partial charge in [-0.1, -0.05) is 74.5 Å². The number of benzene rings is 5. The van der Waals surface area contributed by atoms with Crippen LogP contribution in [0.3, 0.4) is 0 Å². The molecule has 0 unspecified atom stereocenters. The van der Waals surface area contributed by atoms with Crippen LogP contribution in [0.5, 0.6) is 0 Å². The molecule has 8 rings (SSSR count). The van der Waals surface area contributed by atoms with Crippen LogP contribution in [-0.4, -0.2) is 11.9 Å². The second-order valence-corrected chi connectivity index (χ2v) is 11.7. The standard InChI is InChI=1S/C38H25N5/c1-37(2)30-7-3-5-9-35(30)43(36-10-6-4-8-31(36)37)27-15-13-26(14-16-27)34-23-41-38(42-34)32-19-24(21-39)11-17-28(32)29-18-12-25(22-40)20-33(29)38/h3-20,23H,1-2H3.